The summed E-state index contributed by atoms with van der Waals surface area (Å²) in [6, 6.07) is 9.06. The van der Waals surface area contributed by atoms with Crippen LogP contribution in [-0.4, -0.2) is 22.9 Å². The fraction of sp³-hybridized carbons (Fsp3) is 0.375. The first-order valence-corrected chi connectivity index (χ1v) is 6.92. The molecule has 0 radical (unpaired) electrons. The molecule has 21 heavy (non-hydrogen) atoms. The van der Waals surface area contributed by atoms with Crippen molar-refractivity contribution in [2.24, 2.45) is 7.05 Å². The molecule has 2 atom stereocenters. The van der Waals surface area contributed by atoms with Gasteiger partial charge in [-0.3, -0.25) is 10.00 Å². The van der Waals surface area contributed by atoms with Gasteiger partial charge in [0.15, 0.2) is 0 Å². The second-order valence-corrected chi connectivity index (χ2v) is 5.10. The van der Waals surface area contributed by atoms with Gasteiger partial charge in [-0.25, -0.2) is 4.79 Å². The maximum absolute atomic E-state index is 12.1. The first-order chi connectivity index (χ1) is 10.0. The molecule has 2 aromatic rings. The van der Waals surface area contributed by atoms with Crippen LogP contribution in [0.3, 0.4) is 0 Å². The Morgan fingerprint density at radius 2 is 2.00 bits per heavy atom. The second kappa shape index (κ2) is 6.54. The molecule has 2 rings (SSSR count). The molecule has 112 valence electrons. The molecule has 0 spiro atoms. The van der Waals surface area contributed by atoms with Crippen molar-refractivity contribution in [2.45, 2.75) is 25.9 Å². The van der Waals surface area contributed by atoms with Crippen LogP contribution < -0.4 is 5.32 Å². The standard InChI is InChI=1S/C16H21N3O2/c1-11(14-10-19(3)18-12(14)2)17-15(16(20)21-4)13-8-6-5-7-9-13/h5-11,15,17H,1-4H3. The Hall–Kier alpha value is -2.14. The average Bonchev–Trinajstić information content (AvgIpc) is 2.83. The van der Waals surface area contributed by atoms with E-state index in [1.807, 2.05) is 57.4 Å². The highest BCUT2D eigenvalue weighted by Gasteiger charge is 2.24. The van der Waals surface area contributed by atoms with E-state index < -0.39 is 6.04 Å². The Bertz CT molecular complexity index is 607. The molecule has 1 aromatic carbocycles. The lowest BCUT2D eigenvalue weighted by atomic mass is 10.0. The number of nitrogens with one attached hydrogen (secondary N) is 1. The Kier molecular flexibility index (Phi) is 4.75. The number of hydrogen-bond acceptors (Lipinski definition) is 4. The summed E-state index contributed by atoms with van der Waals surface area (Å²) in [5, 5.41) is 7.66. The number of ether oxygens (including phenoxy) is 1. The number of aromatic nitrogens is 2. The van der Waals surface area contributed by atoms with Crippen LogP contribution in [0.2, 0.25) is 0 Å². The van der Waals surface area contributed by atoms with Crippen LogP contribution in [0.25, 0.3) is 0 Å². The largest absolute Gasteiger partial charge is 0.468 e. The fourth-order valence-electron chi connectivity index (χ4n) is 2.45. The van der Waals surface area contributed by atoms with E-state index in [2.05, 4.69) is 10.4 Å². The first kappa shape index (κ1) is 15.3. The van der Waals surface area contributed by atoms with Gasteiger partial charge in [0.05, 0.1) is 12.8 Å². The lowest BCUT2D eigenvalue weighted by Gasteiger charge is -2.21. The zero-order valence-corrected chi connectivity index (χ0v) is 12.8. The van der Waals surface area contributed by atoms with E-state index in [0.717, 1.165) is 16.8 Å². The molecule has 0 aliphatic carbocycles. The van der Waals surface area contributed by atoms with Crippen LogP contribution in [0.5, 0.6) is 0 Å². The zero-order chi connectivity index (χ0) is 15.4. The van der Waals surface area contributed by atoms with E-state index in [1.54, 1.807) is 4.68 Å². The van der Waals surface area contributed by atoms with Crippen molar-refractivity contribution in [3.05, 3.63) is 53.3 Å². The van der Waals surface area contributed by atoms with Crippen molar-refractivity contribution in [3.8, 4) is 0 Å². The summed E-state index contributed by atoms with van der Waals surface area (Å²) in [5.41, 5.74) is 2.91. The number of carbonyl (C=O) groups excluding carboxylic acids is 1. The summed E-state index contributed by atoms with van der Waals surface area (Å²) in [6.07, 6.45) is 1.96. The highest BCUT2D eigenvalue weighted by Crippen LogP contribution is 2.22. The van der Waals surface area contributed by atoms with Gasteiger partial charge in [-0.2, -0.15) is 5.10 Å². The van der Waals surface area contributed by atoms with E-state index >= 15 is 0 Å². The van der Waals surface area contributed by atoms with Gasteiger partial charge in [-0.05, 0) is 19.4 Å². The number of nitrogens with zero attached hydrogens (tertiary/aromatic N) is 2. The molecule has 0 amide bonds. The topological polar surface area (TPSA) is 56.1 Å². The summed E-state index contributed by atoms with van der Waals surface area (Å²) in [7, 11) is 3.29. The van der Waals surface area contributed by atoms with Crippen LogP contribution >= 0.6 is 0 Å². The van der Waals surface area contributed by atoms with E-state index in [4.69, 9.17) is 4.74 Å². The predicted octanol–water partition coefficient (Wildman–Crippen LogP) is 2.29. The average molecular weight is 287 g/mol. The maximum atomic E-state index is 12.1. The summed E-state index contributed by atoms with van der Waals surface area (Å²) < 4.78 is 6.69. The minimum absolute atomic E-state index is 0.0111. The summed E-state index contributed by atoms with van der Waals surface area (Å²) in [5.74, 6) is -0.297. The molecule has 1 aromatic heterocycles. The third-order valence-corrected chi connectivity index (χ3v) is 3.50. The minimum atomic E-state index is -0.495. The first-order valence-electron chi connectivity index (χ1n) is 6.92. The molecule has 5 heteroatoms. The monoisotopic (exact) mass is 287 g/mol. The molecule has 1 N–H and O–H groups in total. The summed E-state index contributed by atoms with van der Waals surface area (Å²) in [4.78, 5) is 12.1. The fourth-order valence-corrected chi connectivity index (χ4v) is 2.45. The number of aryl methyl sites for hydroxylation is 2. The van der Waals surface area contributed by atoms with Gasteiger partial charge in [0, 0.05) is 24.8 Å². The van der Waals surface area contributed by atoms with Crippen LogP contribution in [0.1, 0.15) is 35.8 Å². The number of methoxy groups -OCH3 is 1. The Morgan fingerprint density at radius 3 is 2.52 bits per heavy atom. The Morgan fingerprint density at radius 1 is 1.33 bits per heavy atom. The van der Waals surface area contributed by atoms with Gasteiger partial charge in [0.25, 0.3) is 0 Å². The number of benzene rings is 1. The van der Waals surface area contributed by atoms with Gasteiger partial charge in [-0.15, -0.1) is 0 Å². The smallest absolute Gasteiger partial charge is 0.327 e. The molecule has 5 nitrogen and oxygen atoms in total. The van der Waals surface area contributed by atoms with Crippen molar-refractivity contribution in [1.29, 1.82) is 0 Å². The number of esters is 1. The number of hydrogen-bond donors (Lipinski definition) is 1. The third kappa shape index (κ3) is 3.49. The predicted molar refractivity (Wildman–Crippen MR) is 80.7 cm³/mol. The Balaban J connectivity index is 2.23. The second-order valence-electron chi connectivity index (χ2n) is 5.10. The molecule has 1 heterocycles. The highest BCUT2D eigenvalue weighted by atomic mass is 16.5. The highest BCUT2D eigenvalue weighted by molar-refractivity contribution is 5.77. The quantitative estimate of drug-likeness (QED) is 0.857. The van der Waals surface area contributed by atoms with E-state index in [1.165, 1.54) is 7.11 Å². The molecular formula is C16H21N3O2. The van der Waals surface area contributed by atoms with Gasteiger partial charge in [-0.1, -0.05) is 30.3 Å². The van der Waals surface area contributed by atoms with Gasteiger partial charge in [0.1, 0.15) is 6.04 Å². The van der Waals surface area contributed by atoms with Crippen molar-refractivity contribution in [3.63, 3.8) is 0 Å². The van der Waals surface area contributed by atoms with Gasteiger partial charge >= 0.3 is 5.97 Å². The van der Waals surface area contributed by atoms with Crippen molar-refractivity contribution in [1.82, 2.24) is 15.1 Å². The van der Waals surface area contributed by atoms with Crippen molar-refractivity contribution < 1.29 is 9.53 Å². The van der Waals surface area contributed by atoms with Crippen LogP contribution in [0.15, 0.2) is 36.5 Å². The molecule has 0 fully saturated rings. The summed E-state index contributed by atoms with van der Waals surface area (Å²) >= 11 is 0. The number of carbonyl (C=O) groups is 1. The lowest BCUT2D eigenvalue weighted by molar-refractivity contribution is -0.143. The molecule has 0 aliphatic rings. The Labute approximate surface area is 124 Å². The molecule has 2 unspecified atom stereocenters. The van der Waals surface area contributed by atoms with Crippen LogP contribution in [-0.2, 0) is 16.6 Å². The molecule has 0 aliphatic heterocycles. The maximum Gasteiger partial charge on any atom is 0.327 e. The zero-order valence-electron chi connectivity index (χ0n) is 12.8. The normalized spacial score (nSPS) is 13.7. The van der Waals surface area contributed by atoms with E-state index in [0.29, 0.717) is 0 Å². The lowest BCUT2D eigenvalue weighted by Crippen LogP contribution is -2.31. The van der Waals surface area contributed by atoms with Crippen molar-refractivity contribution >= 4 is 5.97 Å². The van der Waals surface area contributed by atoms with Gasteiger partial charge in [0.2, 0.25) is 0 Å². The number of rotatable bonds is 5. The van der Waals surface area contributed by atoms with Gasteiger partial charge < -0.3 is 4.74 Å². The minimum Gasteiger partial charge on any atom is -0.468 e. The molecule has 0 saturated heterocycles. The molecular weight excluding hydrogens is 266 g/mol. The SMILES string of the molecule is COC(=O)C(NC(C)c1cn(C)nc1C)c1ccccc1. The van der Waals surface area contributed by atoms with Crippen LogP contribution in [0, 0.1) is 6.92 Å². The third-order valence-electron chi connectivity index (χ3n) is 3.50. The molecule has 0 saturated carbocycles. The summed E-state index contributed by atoms with van der Waals surface area (Å²) in [6.45, 7) is 3.98. The van der Waals surface area contributed by atoms with Crippen LogP contribution in [0.4, 0.5) is 0 Å². The molecule has 0 bridgehead atoms. The van der Waals surface area contributed by atoms with Crippen molar-refractivity contribution in [2.75, 3.05) is 7.11 Å². The van der Waals surface area contributed by atoms with E-state index in [9.17, 15) is 4.79 Å². The van der Waals surface area contributed by atoms with E-state index in [-0.39, 0.29) is 12.0 Å².